The Morgan fingerprint density at radius 2 is 1.47 bits per heavy atom. The molecule has 0 amide bonds. The highest BCUT2D eigenvalue weighted by Crippen LogP contribution is 2.21. The molecular weight excluding hydrogens is 219 g/mol. The second-order valence-corrected chi connectivity index (χ2v) is 2.65. The standard InChI is InChI=1S/C8HF5N2/c9-2-1-3(10)14-7-4(11)5(12)8(13)15-6(2)7/h1H. The summed E-state index contributed by atoms with van der Waals surface area (Å²) >= 11 is 0. The van der Waals surface area contributed by atoms with Gasteiger partial charge in [0.1, 0.15) is 11.0 Å². The molecule has 0 aliphatic rings. The lowest BCUT2D eigenvalue weighted by Gasteiger charge is -2.01. The van der Waals surface area contributed by atoms with Crippen LogP contribution in [0.1, 0.15) is 0 Å². The predicted octanol–water partition coefficient (Wildman–Crippen LogP) is 2.33. The van der Waals surface area contributed by atoms with Crippen molar-refractivity contribution < 1.29 is 22.0 Å². The van der Waals surface area contributed by atoms with Gasteiger partial charge in [0.05, 0.1) is 0 Å². The van der Waals surface area contributed by atoms with Gasteiger partial charge in [0.2, 0.25) is 11.8 Å². The fraction of sp³-hybridized carbons (Fsp3) is 0. The van der Waals surface area contributed by atoms with Gasteiger partial charge in [0, 0.05) is 6.07 Å². The monoisotopic (exact) mass is 220 g/mol. The Kier molecular flexibility index (Phi) is 2.02. The Morgan fingerprint density at radius 3 is 2.13 bits per heavy atom. The fourth-order valence-corrected chi connectivity index (χ4v) is 1.08. The summed E-state index contributed by atoms with van der Waals surface area (Å²) < 4.78 is 63.7. The molecule has 0 aliphatic heterocycles. The number of pyridine rings is 2. The predicted molar refractivity (Wildman–Crippen MR) is 39.3 cm³/mol. The molecule has 7 heteroatoms. The van der Waals surface area contributed by atoms with Gasteiger partial charge in [-0.1, -0.05) is 0 Å². The molecule has 0 unspecified atom stereocenters. The van der Waals surface area contributed by atoms with Crippen LogP contribution in [0.3, 0.4) is 0 Å². The van der Waals surface area contributed by atoms with Crippen molar-refractivity contribution in [3.8, 4) is 0 Å². The van der Waals surface area contributed by atoms with E-state index in [0.717, 1.165) is 0 Å². The normalized spacial score (nSPS) is 11.0. The van der Waals surface area contributed by atoms with Crippen LogP contribution in [-0.4, -0.2) is 9.97 Å². The van der Waals surface area contributed by atoms with Crippen LogP contribution in [0.25, 0.3) is 11.0 Å². The number of rotatable bonds is 0. The van der Waals surface area contributed by atoms with Gasteiger partial charge in [-0.3, -0.25) is 0 Å². The van der Waals surface area contributed by atoms with Crippen molar-refractivity contribution in [2.75, 3.05) is 0 Å². The molecule has 0 bridgehead atoms. The van der Waals surface area contributed by atoms with E-state index in [1.807, 2.05) is 0 Å². The summed E-state index contributed by atoms with van der Waals surface area (Å²) in [6.07, 6.45) is 0. The molecular formula is C8HF5N2. The Labute approximate surface area is 79.4 Å². The van der Waals surface area contributed by atoms with Crippen LogP contribution < -0.4 is 0 Å². The molecule has 0 aliphatic carbocycles. The minimum absolute atomic E-state index is 0.298. The first-order chi connectivity index (χ1) is 7.00. The van der Waals surface area contributed by atoms with Gasteiger partial charge < -0.3 is 0 Å². The number of hydrogen-bond acceptors (Lipinski definition) is 2. The topological polar surface area (TPSA) is 25.8 Å². The first kappa shape index (κ1) is 9.75. The number of aromatic nitrogens is 2. The molecule has 2 aromatic heterocycles. The third-order valence-corrected chi connectivity index (χ3v) is 1.71. The first-order valence-corrected chi connectivity index (χ1v) is 3.67. The van der Waals surface area contributed by atoms with Crippen molar-refractivity contribution >= 4 is 11.0 Å². The maximum Gasteiger partial charge on any atom is 0.252 e. The Morgan fingerprint density at radius 1 is 0.800 bits per heavy atom. The zero-order valence-electron chi connectivity index (χ0n) is 6.86. The molecule has 2 heterocycles. The van der Waals surface area contributed by atoms with Crippen LogP contribution in [0.2, 0.25) is 0 Å². The Bertz CT molecular complexity index is 554. The lowest BCUT2D eigenvalue weighted by Crippen LogP contribution is -2.01. The lowest BCUT2D eigenvalue weighted by molar-refractivity contribution is 0.431. The zero-order valence-corrected chi connectivity index (χ0v) is 6.86. The van der Waals surface area contributed by atoms with Crippen molar-refractivity contribution in [1.29, 1.82) is 0 Å². The third-order valence-electron chi connectivity index (χ3n) is 1.71. The third kappa shape index (κ3) is 1.39. The van der Waals surface area contributed by atoms with E-state index in [-0.39, 0.29) is 0 Å². The smallest absolute Gasteiger partial charge is 0.215 e. The van der Waals surface area contributed by atoms with Gasteiger partial charge in [-0.2, -0.15) is 13.2 Å². The first-order valence-electron chi connectivity index (χ1n) is 3.67. The lowest BCUT2D eigenvalue weighted by atomic mass is 10.3. The van der Waals surface area contributed by atoms with Crippen LogP contribution in [0.15, 0.2) is 6.07 Å². The van der Waals surface area contributed by atoms with Gasteiger partial charge in [-0.15, -0.1) is 0 Å². The largest absolute Gasteiger partial charge is 0.252 e. The molecule has 0 saturated carbocycles. The Hall–Kier alpha value is -1.79. The second-order valence-electron chi connectivity index (χ2n) is 2.65. The molecule has 0 N–H and O–H groups in total. The summed E-state index contributed by atoms with van der Waals surface area (Å²) in [6.45, 7) is 0. The molecule has 0 fully saturated rings. The molecule has 78 valence electrons. The highest BCUT2D eigenvalue weighted by molar-refractivity contribution is 5.75. The van der Waals surface area contributed by atoms with Crippen LogP contribution in [0, 0.1) is 29.3 Å². The molecule has 0 spiro atoms. The van der Waals surface area contributed by atoms with E-state index in [0.29, 0.717) is 6.07 Å². The van der Waals surface area contributed by atoms with Gasteiger partial charge in [0.25, 0.3) is 5.95 Å². The number of halogens is 5. The second kappa shape index (κ2) is 3.11. The van der Waals surface area contributed by atoms with Crippen molar-refractivity contribution in [3.63, 3.8) is 0 Å². The van der Waals surface area contributed by atoms with E-state index < -0.39 is 40.4 Å². The molecule has 2 rings (SSSR count). The molecule has 2 nitrogen and oxygen atoms in total. The van der Waals surface area contributed by atoms with Gasteiger partial charge in [-0.25, -0.2) is 18.7 Å². The van der Waals surface area contributed by atoms with Crippen LogP contribution in [0.5, 0.6) is 0 Å². The molecule has 0 radical (unpaired) electrons. The van der Waals surface area contributed by atoms with Gasteiger partial charge >= 0.3 is 0 Å². The minimum atomic E-state index is -1.92. The summed E-state index contributed by atoms with van der Waals surface area (Å²) in [5.74, 6) is -8.13. The van der Waals surface area contributed by atoms with Crippen molar-refractivity contribution in [1.82, 2.24) is 9.97 Å². The molecule has 0 saturated heterocycles. The number of hydrogen-bond donors (Lipinski definition) is 0. The highest BCUT2D eigenvalue weighted by Gasteiger charge is 2.19. The average Bonchev–Trinajstić information content (AvgIpc) is 2.17. The minimum Gasteiger partial charge on any atom is -0.215 e. The molecule has 2 aromatic rings. The van der Waals surface area contributed by atoms with E-state index >= 15 is 0 Å². The zero-order chi connectivity index (χ0) is 11.2. The molecule has 0 aromatic carbocycles. The highest BCUT2D eigenvalue weighted by atomic mass is 19.2. The van der Waals surface area contributed by atoms with Gasteiger partial charge in [0.15, 0.2) is 11.6 Å². The quantitative estimate of drug-likeness (QED) is 0.503. The van der Waals surface area contributed by atoms with Crippen molar-refractivity contribution in [3.05, 3.63) is 35.4 Å². The van der Waals surface area contributed by atoms with Crippen molar-refractivity contribution in [2.45, 2.75) is 0 Å². The maximum absolute atomic E-state index is 13.0. The Balaban J connectivity index is 2.98. The van der Waals surface area contributed by atoms with E-state index in [9.17, 15) is 22.0 Å². The average molecular weight is 220 g/mol. The maximum atomic E-state index is 13.0. The summed E-state index contributed by atoms with van der Waals surface area (Å²) in [4.78, 5) is 5.68. The van der Waals surface area contributed by atoms with E-state index in [1.165, 1.54) is 0 Å². The van der Waals surface area contributed by atoms with Crippen LogP contribution >= 0.6 is 0 Å². The molecule has 15 heavy (non-hydrogen) atoms. The van der Waals surface area contributed by atoms with E-state index in [1.54, 1.807) is 0 Å². The van der Waals surface area contributed by atoms with Crippen molar-refractivity contribution in [2.24, 2.45) is 0 Å². The summed E-state index contributed by atoms with van der Waals surface area (Å²) in [5.41, 5.74) is -1.83. The van der Waals surface area contributed by atoms with Crippen LogP contribution in [-0.2, 0) is 0 Å². The van der Waals surface area contributed by atoms with Crippen LogP contribution in [0.4, 0.5) is 22.0 Å². The molecule has 0 atom stereocenters. The van der Waals surface area contributed by atoms with E-state index in [2.05, 4.69) is 9.97 Å². The number of nitrogens with zero attached hydrogens (tertiary/aromatic N) is 2. The fourth-order valence-electron chi connectivity index (χ4n) is 1.08. The van der Waals surface area contributed by atoms with Gasteiger partial charge in [-0.05, 0) is 0 Å². The summed E-state index contributed by atoms with van der Waals surface area (Å²) in [7, 11) is 0. The summed E-state index contributed by atoms with van der Waals surface area (Å²) in [5, 5.41) is 0. The van der Waals surface area contributed by atoms with E-state index in [4.69, 9.17) is 0 Å². The SMILES string of the molecule is Fc1cc(F)c2nc(F)c(F)c(F)c2n1. The number of fused-ring (bicyclic) bond motifs is 1. The summed E-state index contributed by atoms with van der Waals surface area (Å²) in [6, 6.07) is 0.298.